The molecule has 5 atom stereocenters. The zero-order valence-electron chi connectivity index (χ0n) is 53.4. The highest BCUT2D eigenvalue weighted by Crippen LogP contribution is 2.08. The van der Waals surface area contributed by atoms with E-state index in [1.54, 1.807) is 19.6 Å². The van der Waals surface area contributed by atoms with Gasteiger partial charge in [0.15, 0.2) is 0 Å². The van der Waals surface area contributed by atoms with Crippen molar-refractivity contribution >= 4 is 89.4 Å². The third-order valence-electron chi connectivity index (χ3n) is 14.0. The molecule has 0 aromatic heterocycles. The normalized spacial score (nSPS) is 15.0. The molecule has 1 aliphatic heterocycles. The number of aliphatic carboxylic acids is 9. The second-order valence-corrected chi connectivity index (χ2v) is 21.8. The number of nitrogens with zero attached hydrogens (tertiary/aromatic N) is 4. The summed E-state index contributed by atoms with van der Waals surface area (Å²) in [6.07, 6.45) is -2.61. The van der Waals surface area contributed by atoms with Gasteiger partial charge in [-0.15, -0.1) is 0 Å². The number of amides is 8. The molecule has 17 N–H and O–H groups in total. The number of carboxylic acid groups (broad SMARTS) is 9. The van der Waals surface area contributed by atoms with E-state index in [0.29, 0.717) is 0 Å². The predicted molar refractivity (Wildman–Crippen MR) is 327 cm³/mol. The van der Waals surface area contributed by atoms with E-state index in [4.69, 9.17) is 29.2 Å². The Morgan fingerprint density at radius 3 is 0.979 bits per heavy atom. The summed E-state index contributed by atoms with van der Waals surface area (Å²) in [5, 5.41) is 103. The van der Waals surface area contributed by atoms with E-state index >= 15 is 0 Å². The number of carbonyl (C=O) groups is 15. The van der Waals surface area contributed by atoms with Crippen LogP contribution in [0.1, 0.15) is 83.5 Å². The number of hydrogen-bond donors (Lipinski definition) is 17. The molecule has 0 aliphatic carbocycles. The van der Waals surface area contributed by atoms with Gasteiger partial charge in [-0.3, -0.25) is 62.8 Å². The van der Waals surface area contributed by atoms with Crippen LogP contribution in [-0.4, -0.2) is 336 Å². The van der Waals surface area contributed by atoms with Crippen LogP contribution < -0.4 is 42.5 Å². The molecule has 1 saturated heterocycles. The number of carboxylic acids is 9. The Hall–Kier alpha value is -8.67. The lowest BCUT2D eigenvalue weighted by molar-refractivity contribution is -0.142. The van der Waals surface area contributed by atoms with Crippen molar-refractivity contribution in [1.82, 2.24) is 62.1 Å². The van der Waals surface area contributed by atoms with Gasteiger partial charge >= 0.3 is 65.8 Å². The van der Waals surface area contributed by atoms with Gasteiger partial charge in [-0.25, -0.2) is 28.8 Å². The van der Waals surface area contributed by atoms with Crippen LogP contribution in [0.2, 0.25) is 0 Å². The zero-order chi connectivity index (χ0) is 71.8. The van der Waals surface area contributed by atoms with Gasteiger partial charge in [-0.2, -0.15) is 0 Å². The average Bonchev–Trinajstić information content (AvgIpc) is 3.74. The number of unbranched alkanes of at least 4 members (excludes halogenated alkanes) is 2. The number of nitrogens with one attached hydrogen (secondary N) is 8. The number of ether oxygens (including phenoxy) is 4. The lowest BCUT2D eigenvalue weighted by atomic mass is 10.1. The number of urea groups is 2. The fraction of sp³-hybridized carbons (Fsp3) is 0.732. The molecule has 0 saturated carbocycles. The van der Waals surface area contributed by atoms with Gasteiger partial charge in [-0.1, -0.05) is 0 Å². The second-order valence-electron chi connectivity index (χ2n) is 21.8. The smallest absolute Gasteiger partial charge is 0.326 e. The number of hydrogen-bond acceptors (Lipinski definition) is 23. The Bertz CT molecular complexity index is 2470. The van der Waals surface area contributed by atoms with Gasteiger partial charge in [0, 0.05) is 97.7 Å². The van der Waals surface area contributed by atoms with Gasteiger partial charge in [-0.05, 0) is 57.8 Å². The first-order valence-electron chi connectivity index (χ1n) is 31.0. The summed E-state index contributed by atoms with van der Waals surface area (Å²) < 4.78 is 22.0. The van der Waals surface area contributed by atoms with Crippen molar-refractivity contribution in [3.8, 4) is 0 Å². The van der Waals surface area contributed by atoms with Crippen molar-refractivity contribution < 1.29 is 137 Å². The van der Waals surface area contributed by atoms with E-state index in [2.05, 4.69) is 31.9 Å². The van der Waals surface area contributed by atoms with Crippen LogP contribution in [0.15, 0.2) is 0 Å². The van der Waals surface area contributed by atoms with Crippen LogP contribution >= 0.6 is 0 Å². The molecule has 5 unspecified atom stereocenters. The van der Waals surface area contributed by atoms with Gasteiger partial charge in [0.1, 0.15) is 30.2 Å². The minimum Gasteiger partial charge on any atom is -0.481 e. The van der Waals surface area contributed by atoms with Crippen molar-refractivity contribution in [1.29, 1.82) is 0 Å². The lowest BCUT2D eigenvalue weighted by Gasteiger charge is -2.32. The van der Waals surface area contributed by atoms with E-state index in [9.17, 15) is 108 Å². The first kappa shape index (κ1) is 85.3. The Morgan fingerprint density at radius 2 is 0.615 bits per heavy atom. The Labute approximate surface area is 551 Å². The van der Waals surface area contributed by atoms with E-state index < -0.39 is 139 Å². The molecular formula is C56H94N12O28. The monoisotopic (exact) mass is 1380 g/mol. The molecule has 546 valence electrons. The summed E-state index contributed by atoms with van der Waals surface area (Å²) in [5.41, 5.74) is 0. The number of carbonyl (C=O) groups excluding carboxylic acids is 6. The molecule has 0 radical (unpaired) electrons. The molecule has 0 bridgehead atoms. The standard InChI is InChI=1S/C56H94N12O28/c69-42(57-14-3-1-5-38(51(83)84)61-55(91)63-40(53(87)88)8-11-45(72)73)10-7-37(50(82)59-15-4-2-6-39(52(85)86)62-56(92)64-41(54(89)90)9-12-46(74)75)60-43(70)13-25-93-27-29-95-31-32-96-30-28-94-26-16-58-44(71)33-65-17-19-66(34-47(76)77)21-23-68(36-49(80)81)24-22-67(20-18-65)35-48(78)79/h37-41H,1-36H2,(H,57,69)(H,58,71)(H,59,82)(H,60,70)(H,72,73)(H,74,75)(H,76,77)(H,78,79)(H,80,81)(H,83,84)(H,85,86)(H,87,88)(H,89,90)(H2,61,63,91)(H2,62,64,92). The quantitative estimate of drug-likeness (QED) is 0.0254. The third kappa shape index (κ3) is 44.8. The maximum Gasteiger partial charge on any atom is 0.326 e. The molecule has 1 aliphatic rings. The molecule has 8 amide bonds. The largest absolute Gasteiger partial charge is 0.481 e. The first-order chi connectivity index (χ1) is 45.5. The summed E-state index contributed by atoms with van der Waals surface area (Å²) in [6.45, 7) is 2.16. The first-order valence-corrected chi connectivity index (χ1v) is 31.0. The maximum absolute atomic E-state index is 13.4. The summed E-state index contributed by atoms with van der Waals surface area (Å²) in [5.74, 6) is -14.1. The summed E-state index contributed by atoms with van der Waals surface area (Å²) in [6, 6.07) is -9.82. The minimum absolute atomic E-state index is 0.0126. The van der Waals surface area contributed by atoms with Crippen LogP contribution in [-0.2, 0) is 81.3 Å². The molecule has 1 fully saturated rings. The van der Waals surface area contributed by atoms with E-state index in [-0.39, 0.29) is 215 Å². The summed E-state index contributed by atoms with van der Waals surface area (Å²) >= 11 is 0. The van der Waals surface area contributed by atoms with Gasteiger partial charge < -0.3 is 107 Å². The molecule has 1 rings (SSSR count). The van der Waals surface area contributed by atoms with Crippen LogP contribution in [0, 0.1) is 0 Å². The van der Waals surface area contributed by atoms with E-state index in [0.717, 1.165) is 0 Å². The van der Waals surface area contributed by atoms with Crippen molar-refractivity contribution in [3.63, 3.8) is 0 Å². The predicted octanol–water partition coefficient (Wildman–Crippen LogP) is -4.99. The summed E-state index contributed by atoms with van der Waals surface area (Å²) in [7, 11) is 0. The maximum atomic E-state index is 13.4. The van der Waals surface area contributed by atoms with Crippen molar-refractivity contribution in [2.24, 2.45) is 0 Å². The molecular weight excluding hydrogens is 1290 g/mol. The minimum atomic E-state index is -1.62. The SMILES string of the molecule is O=C(O)CCC(NC(=O)NC(CCCCNC(=O)CCC(NC(=O)CCOCCOCCOCCOCCNC(=O)CN1CCN(CC(=O)O)CCN(CC(=O)O)CCN(CC(=O)O)CC1)C(=O)NCCCCC(NC(=O)NC(CCC(=O)O)C(=O)O)C(=O)O)C(=O)O)C(=O)O. The average molecular weight is 1380 g/mol. The second kappa shape index (κ2) is 50.7. The van der Waals surface area contributed by atoms with Crippen LogP contribution in [0.25, 0.3) is 0 Å². The topological polar surface area (TPSA) is 584 Å². The Kier molecular flexibility index (Phi) is 45.1. The summed E-state index contributed by atoms with van der Waals surface area (Å²) in [4.78, 5) is 186. The fourth-order valence-corrected chi connectivity index (χ4v) is 8.92. The third-order valence-corrected chi connectivity index (χ3v) is 14.0. The molecule has 96 heavy (non-hydrogen) atoms. The van der Waals surface area contributed by atoms with Crippen LogP contribution in [0.4, 0.5) is 9.59 Å². The highest BCUT2D eigenvalue weighted by Gasteiger charge is 2.28. The molecule has 40 heteroatoms. The van der Waals surface area contributed by atoms with Crippen molar-refractivity contribution in [3.05, 3.63) is 0 Å². The van der Waals surface area contributed by atoms with Gasteiger partial charge in [0.05, 0.1) is 79.0 Å². The van der Waals surface area contributed by atoms with Crippen molar-refractivity contribution in [2.75, 3.05) is 151 Å². The van der Waals surface area contributed by atoms with Crippen LogP contribution in [0.3, 0.4) is 0 Å². The molecule has 1 heterocycles. The van der Waals surface area contributed by atoms with E-state index in [1.165, 1.54) is 0 Å². The highest BCUT2D eigenvalue weighted by molar-refractivity contribution is 5.89. The highest BCUT2D eigenvalue weighted by atomic mass is 16.6. The zero-order valence-corrected chi connectivity index (χ0v) is 53.4. The van der Waals surface area contributed by atoms with Crippen molar-refractivity contribution in [2.45, 2.75) is 114 Å². The number of rotatable bonds is 52. The van der Waals surface area contributed by atoms with E-state index in [1.807, 2.05) is 10.6 Å². The van der Waals surface area contributed by atoms with Gasteiger partial charge in [0.25, 0.3) is 0 Å². The molecule has 0 aromatic rings. The molecule has 40 nitrogen and oxygen atoms in total. The Morgan fingerprint density at radius 1 is 0.292 bits per heavy atom. The van der Waals surface area contributed by atoms with Crippen LogP contribution in [0.5, 0.6) is 0 Å². The lowest BCUT2D eigenvalue weighted by Crippen LogP contribution is -2.51. The molecule has 0 aromatic carbocycles. The van der Waals surface area contributed by atoms with Gasteiger partial charge in [0.2, 0.25) is 23.6 Å². The fourth-order valence-electron chi connectivity index (χ4n) is 8.92. The molecule has 0 spiro atoms. The Balaban J connectivity index is 2.64.